The molecule has 2 N–H and O–H groups in total. The highest BCUT2D eigenvalue weighted by Crippen LogP contribution is 2.19. The Hall–Kier alpha value is -1.94. The van der Waals surface area contributed by atoms with Crippen LogP contribution in [0.15, 0.2) is 30.5 Å². The summed E-state index contributed by atoms with van der Waals surface area (Å²) in [6, 6.07) is 7.82. The van der Waals surface area contributed by atoms with E-state index in [9.17, 15) is 0 Å². The smallest absolute Gasteiger partial charge is 0.141 e. The number of nitrogens with two attached hydrogens (primary N) is 1. The molecule has 0 saturated heterocycles. The van der Waals surface area contributed by atoms with Gasteiger partial charge in [-0.2, -0.15) is 0 Å². The number of pyridine rings is 2. The third-order valence-electron chi connectivity index (χ3n) is 2.97. The van der Waals surface area contributed by atoms with Crippen LogP contribution in [0.25, 0.3) is 0 Å². The van der Waals surface area contributed by atoms with Crippen LogP contribution in [0.2, 0.25) is 0 Å². The first-order chi connectivity index (χ1) is 9.24. The van der Waals surface area contributed by atoms with Crippen molar-refractivity contribution in [3.8, 4) is 5.75 Å². The van der Waals surface area contributed by atoms with Crippen molar-refractivity contribution in [2.75, 3.05) is 0 Å². The van der Waals surface area contributed by atoms with Crippen molar-refractivity contribution in [2.45, 2.75) is 33.4 Å². The van der Waals surface area contributed by atoms with Crippen molar-refractivity contribution < 1.29 is 4.74 Å². The van der Waals surface area contributed by atoms with Crippen LogP contribution in [0.3, 0.4) is 0 Å². The van der Waals surface area contributed by atoms with E-state index < -0.39 is 0 Å². The van der Waals surface area contributed by atoms with E-state index in [-0.39, 0.29) is 0 Å². The van der Waals surface area contributed by atoms with Gasteiger partial charge in [-0.25, -0.2) is 0 Å². The molecular weight excluding hydrogens is 238 g/mol. The Kier molecular flexibility index (Phi) is 4.47. The molecule has 2 heterocycles. The summed E-state index contributed by atoms with van der Waals surface area (Å²) < 4.78 is 5.85. The fraction of sp³-hybridized carbons (Fsp3) is 0.333. The largest absolute Gasteiger partial charge is 0.487 e. The fourth-order valence-electron chi connectivity index (χ4n) is 1.92. The zero-order valence-electron chi connectivity index (χ0n) is 11.4. The van der Waals surface area contributed by atoms with Gasteiger partial charge in [0.1, 0.15) is 12.4 Å². The van der Waals surface area contributed by atoms with Crippen LogP contribution in [-0.2, 0) is 19.6 Å². The first-order valence-corrected chi connectivity index (χ1v) is 6.46. The summed E-state index contributed by atoms with van der Waals surface area (Å²) >= 11 is 0. The lowest BCUT2D eigenvalue weighted by molar-refractivity contribution is 0.299. The predicted molar refractivity (Wildman–Crippen MR) is 74.8 cm³/mol. The van der Waals surface area contributed by atoms with Gasteiger partial charge in [-0.3, -0.25) is 9.97 Å². The van der Waals surface area contributed by atoms with Gasteiger partial charge in [0.25, 0.3) is 0 Å². The van der Waals surface area contributed by atoms with Crippen molar-refractivity contribution in [3.05, 3.63) is 53.1 Å². The molecule has 0 saturated carbocycles. The highest BCUT2D eigenvalue weighted by molar-refractivity contribution is 5.30. The minimum absolute atomic E-state index is 0.423. The molecule has 4 heteroatoms. The van der Waals surface area contributed by atoms with Crippen LogP contribution < -0.4 is 10.5 Å². The molecule has 0 aliphatic carbocycles. The topological polar surface area (TPSA) is 61.0 Å². The number of ether oxygens (including phenoxy) is 1. The number of rotatable bonds is 5. The molecule has 0 aliphatic heterocycles. The summed E-state index contributed by atoms with van der Waals surface area (Å²) in [5.41, 5.74) is 9.55. The van der Waals surface area contributed by atoms with Gasteiger partial charge in [0.2, 0.25) is 0 Å². The summed E-state index contributed by atoms with van der Waals surface area (Å²) in [7, 11) is 0. The average molecular weight is 257 g/mol. The van der Waals surface area contributed by atoms with Crippen LogP contribution in [0, 0.1) is 6.92 Å². The summed E-state index contributed by atoms with van der Waals surface area (Å²) in [4.78, 5) is 8.73. The normalized spacial score (nSPS) is 10.5. The van der Waals surface area contributed by atoms with Gasteiger partial charge in [0.05, 0.1) is 11.4 Å². The summed E-state index contributed by atoms with van der Waals surface area (Å²) in [6.45, 7) is 4.95. The van der Waals surface area contributed by atoms with Gasteiger partial charge in [0.15, 0.2) is 0 Å². The molecule has 2 rings (SSSR count). The van der Waals surface area contributed by atoms with Gasteiger partial charge < -0.3 is 10.5 Å². The van der Waals surface area contributed by atoms with E-state index in [1.54, 1.807) is 6.20 Å². The maximum Gasteiger partial charge on any atom is 0.141 e. The van der Waals surface area contributed by atoms with Gasteiger partial charge in [-0.15, -0.1) is 0 Å². The number of aryl methyl sites for hydroxylation is 2. The fourth-order valence-corrected chi connectivity index (χ4v) is 1.92. The first-order valence-electron chi connectivity index (χ1n) is 6.46. The van der Waals surface area contributed by atoms with Gasteiger partial charge in [0, 0.05) is 24.0 Å². The molecular formula is C15H19N3O. The van der Waals surface area contributed by atoms with Crippen molar-refractivity contribution in [1.29, 1.82) is 0 Å². The van der Waals surface area contributed by atoms with E-state index in [1.165, 1.54) is 0 Å². The number of hydrogen-bond acceptors (Lipinski definition) is 4. The Bertz CT molecular complexity index is 555. The molecule has 0 atom stereocenters. The Labute approximate surface area is 113 Å². The Morgan fingerprint density at radius 1 is 1.21 bits per heavy atom. The molecule has 100 valence electrons. The van der Waals surface area contributed by atoms with Crippen molar-refractivity contribution in [3.63, 3.8) is 0 Å². The molecule has 0 amide bonds. The minimum atomic E-state index is 0.423. The SMILES string of the molecule is CCc1nc(C)ccc1OCc1cccnc1CN. The molecule has 0 radical (unpaired) electrons. The maximum absolute atomic E-state index is 5.85. The van der Waals surface area contributed by atoms with E-state index in [2.05, 4.69) is 16.9 Å². The lowest BCUT2D eigenvalue weighted by Crippen LogP contribution is -2.07. The Balaban J connectivity index is 2.14. The third kappa shape index (κ3) is 3.29. The standard InChI is InChI=1S/C15H19N3O/c1-3-13-15(7-6-11(2)18-13)19-10-12-5-4-8-17-14(12)9-16/h4-8H,3,9-10,16H2,1-2H3. The second-order valence-corrected chi connectivity index (χ2v) is 4.35. The van der Waals surface area contributed by atoms with E-state index in [0.29, 0.717) is 13.2 Å². The quantitative estimate of drug-likeness (QED) is 0.893. The summed E-state index contributed by atoms with van der Waals surface area (Å²) in [6.07, 6.45) is 2.60. The second kappa shape index (κ2) is 6.29. The lowest BCUT2D eigenvalue weighted by atomic mass is 10.2. The molecule has 2 aromatic rings. The Morgan fingerprint density at radius 3 is 2.79 bits per heavy atom. The second-order valence-electron chi connectivity index (χ2n) is 4.35. The van der Waals surface area contributed by atoms with Crippen LogP contribution in [0.1, 0.15) is 29.6 Å². The lowest BCUT2D eigenvalue weighted by Gasteiger charge is -2.12. The van der Waals surface area contributed by atoms with E-state index in [0.717, 1.165) is 34.8 Å². The van der Waals surface area contributed by atoms with Crippen molar-refractivity contribution in [2.24, 2.45) is 5.73 Å². The molecule has 0 bridgehead atoms. The number of nitrogens with zero attached hydrogens (tertiary/aromatic N) is 2. The highest BCUT2D eigenvalue weighted by atomic mass is 16.5. The average Bonchev–Trinajstić information content (AvgIpc) is 2.46. The minimum Gasteiger partial charge on any atom is -0.487 e. The first kappa shape index (κ1) is 13.5. The zero-order valence-corrected chi connectivity index (χ0v) is 11.4. The molecule has 0 fully saturated rings. The molecule has 0 unspecified atom stereocenters. The predicted octanol–water partition coefficient (Wildman–Crippen LogP) is 2.39. The van der Waals surface area contributed by atoms with E-state index in [1.807, 2.05) is 31.2 Å². The molecule has 4 nitrogen and oxygen atoms in total. The van der Waals surface area contributed by atoms with Crippen LogP contribution in [0.5, 0.6) is 5.75 Å². The van der Waals surface area contributed by atoms with Gasteiger partial charge >= 0.3 is 0 Å². The molecule has 0 spiro atoms. The summed E-state index contributed by atoms with van der Waals surface area (Å²) in [5.74, 6) is 0.833. The molecule has 19 heavy (non-hydrogen) atoms. The van der Waals surface area contributed by atoms with Gasteiger partial charge in [-0.1, -0.05) is 13.0 Å². The third-order valence-corrected chi connectivity index (χ3v) is 2.97. The molecule has 0 aliphatic rings. The number of aromatic nitrogens is 2. The van der Waals surface area contributed by atoms with Crippen molar-refractivity contribution >= 4 is 0 Å². The molecule has 2 aromatic heterocycles. The van der Waals surface area contributed by atoms with E-state index >= 15 is 0 Å². The highest BCUT2D eigenvalue weighted by Gasteiger charge is 2.06. The van der Waals surface area contributed by atoms with E-state index in [4.69, 9.17) is 10.5 Å². The molecule has 0 aromatic carbocycles. The zero-order chi connectivity index (χ0) is 13.7. The monoisotopic (exact) mass is 257 g/mol. The van der Waals surface area contributed by atoms with Crippen LogP contribution in [-0.4, -0.2) is 9.97 Å². The van der Waals surface area contributed by atoms with Crippen LogP contribution in [0.4, 0.5) is 0 Å². The summed E-state index contributed by atoms with van der Waals surface area (Å²) in [5, 5.41) is 0. The van der Waals surface area contributed by atoms with Gasteiger partial charge in [-0.05, 0) is 31.5 Å². The number of hydrogen-bond donors (Lipinski definition) is 1. The van der Waals surface area contributed by atoms with Crippen molar-refractivity contribution in [1.82, 2.24) is 9.97 Å². The van der Waals surface area contributed by atoms with Crippen LogP contribution >= 0.6 is 0 Å². The maximum atomic E-state index is 5.85. The Morgan fingerprint density at radius 2 is 2.05 bits per heavy atom.